The number of nitrogens with zero attached hydrogens (tertiary/aromatic N) is 1. The summed E-state index contributed by atoms with van der Waals surface area (Å²) in [5.74, 6) is -0.785. The van der Waals surface area contributed by atoms with E-state index in [1.165, 1.54) is 0 Å². The van der Waals surface area contributed by atoms with Crippen molar-refractivity contribution in [3.63, 3.8) is 0 Å². The van der Waals surface area contributed by atoms with Crippen LogP contribution >= 0.6 is 0 Å². The van der Waals surface area contributed by atoms with Crippen molar-refractivity contribution in [1.29, 1.82) is 5.26 Å². The number of esters is 1. The number of carbonyl (C=O) groups excluding carboxylic acids is 2. The highest BCUT2D eigenvalue weighted by Crippen LogP contribution is 2.12. The molecule has 1 amide bonds. The SMILES string of the molecule is CCOC(=O)C(C#N)(CC)NC(=O)OCc1ccccc1. The first-order chi connectivity index (χ1) is 10.1. The summed E-state index contributed by atoms with van der Waals surface area (Å²) < 4.78 is 9.83. The van der Waals surface area contributed by atoms with E-state index in [1.54, 1.807) is 32.0 Å². The molecule has 0 radical (unpaired) electrons. The zero-order chi connectivity index (χ0) is 15.7. The van der Waals surface area contributed by atoms with Gasteiger partial charge in [0.2, 0.25) is 5.54 Å². The molecule has 1 aromatic rings. The van der Waals surface area contributed by atoms with Crippen LogP contribution in [0.5, 0.6) is 0 Å². The molecule has 0 saturated carbocycles. The van der Waals surface area contributed by atoms with Crippen molar-refractivity contribution >= 4 is 12.1 Å². The first-order valence-electron chi connectivity index (χ1n) is 6.65. The van der Waals surface area contributed by atoms with Crippen LogP contribution in [-0.2, 0) is 20.9 Å². The van der Waals surface area contributed by atoms with Gasteiger partial charge in [-0.2, -0.15) is 5.26 Å². The molecule has 0 fully saturated rings. The van der Waals surface area contributed by atoms with E-state index in [9.17, 15) is 14.9 Å². The molecule has 1 rings (SSSR count). The van der Waals surface area contributed by atoms with Gasteiger partial charge in [-0.15, -0.1) is 0 Å². The van der Waals surface area contributed by atoms with Gasteiger partial charge in [-0.1, -0.05) is 37.3 Å². The highest BCUT2D eigenvalue weighted by Gasteiger charge is 2.40. The third kappa shape index (κ3) is 4.49. The van der Waals surface area contributed by atoms with Gasteiger partial charge in [-0.25, -0.2) is 9.59 Å². The zero-order valence-electron chi connectivity index (χ0n) is 12.1. The number of ether oxygens (including phenoxy) is 2. The highest BCUT2D eigenvalue weighted by atomic mass is 16.6. The Balaban J connectivity index is 2.65. The number of amides is 1. The van der Waals surface area contributed by atoms with Crippen LogP contribution in [0.3, 0.4) is 0 Å². The molecule has 1 N–H and O–H groups in total. The third-order valence-corrected chi connectivity index (χ3v) is 2.87. The Kier molecular flexibility index (Phi) is 6.21. The third-order valence-electron chi connectivity index (χ3n) is 2.87. The van der Waals surface area contributed by atoms with Crippen LogP contribution in [0.15, 0.2) is 30.3 Å². The van der Waals surface area contributed by atoms with Crippen LogP contribution in [0.2, 0.25) is 0 Å². The number of rotatable bonds is 6. The molecule has 6 heteroatoms. The first-order valence-corrected chi connectivity index (χ1v) is 6.65. The average Bonchev–Trinajstić information content (AvgIpc) is 2.52. The average molecular weight is 290 g/mol. The molecule has 0 aliphatic rings. The van der Waals surface area contributed by atoms with Gasteiger partial charge in [0, 0.05) is 0 Å². The van der Waals surface area contributed by atoms with Crippen LogP contribution in [0.1, 0.15) is 25.8 Å². The number of carbonyl (C=O) groups is 2. The lowest BCUT2D eigenvalue weighted by atomic mass is 9.99. The molecule has 6 nitrogen and oxygen atoms in total. The largest absolute Gasteiger partial charge is 0.463 e. The molecule has 21 heavy (non-hydrogen) atoms. The van der Waals surface area contributed by atoms with Crippen molar-refractivity contribution in [3.05, 3.63) is 35.9 Å². The van der Waals surface area contributed by atoms with E-state index in [1.807, 2.05) is 18.2 Å². The molecule has 1 aromatic carbocycles. The fraction of sp³-hybridized carbons (Fsp3) is 0.400. The Labute approximate surface area is 123 Å². The van der Waals surface area contributed by atoms with E-state index in [2.05, 4.69) is 5.32 Å². The Hall–Kier alpha value is -2.55. The molecule has 0 heterocycles. The summed E-state index contributed by atoms with van der Waals surface area (Å²) >= 11 is 0. The minimum absolute atomic E-state index is 0.0563. The van der Waals surface area contributed by atoms with E-state index in [4.69, 9.17) is 9.47 Å². The van der Waals surface area contributed by atoms with Crippen LogP contribution in [0.4, 0.5) is 4.79 Å². The van der Waals surface area contributed by atoms with E-state index in [0.29, 0.717) is 0 Å². The maximum absolute atomic E-state index is 11.8. The maximum Gasteiger partial charge on any atom is 0.409 e. The van der Waals surface area contributed by atoms with Crippen molar-refractivity contribution in [2.45, 2.75) is 32.4 Å². The summed E-state index contributed by atoms with van der Waals surface area (Å²) in [5, 5.41) is 11.5. The Morgan fingerprint density at radius 1 is 1.24 bits per heavy atom. The molecule has 0 aromatic heterocycles. The van der Waals surface area contributed by atoms with Crippen LogP contribution in [0.25, 0.3) is 0 Å². The smallest absolute Gasteiger partial charge is 0.409 e. The molecule has 0 aliphatic carbocycles. The Morgan fingerprint density at radius 2 is 1.90 bits per heavy atom. The Morgan fingerprint density at radius 3 is 2.43 bits per heavy atom. The first kappa shape index (κ1) is 16.5. The van der Waals surface area contributed by atoms with Crippen molar-refractivity contribution in [3.8, 4) is 6.07 Å². The molecule has 1 atom stereocenters. The highest BCUT2D eigenvalue weighted by molar-refractivity contribution is 5.88. The van der Waals surface area contributed by atoms with E-state index < -0.39 is 17.6 Å². The van der Waals surface area contributed by atoms with Crippen molar-refractivity contribution in [2.24, 2.45) is 0 Å². The van der Waals surface area contributed by atoms with Gasteiger partial charge >= 0.3 is 12.1 Å². The lowest BCUT2D eigenvalue weighted by Crippen LogP contribution is -2.54. The zero-order valence-corrected chi connectivity index (χ0v) is 12.1. The van der Waals surface area contributed by atoms with Crippen molar-refractivity contribution < 1.29 is 19.1 Å². The lowest BCUT2D eigenvalue weighted by Gasteiger charge is -2.23. The van der Waals surface area contributed by atoms with E-state index >= 15 is 0 Å². The normalized spacial score (nSPS) is 12.6. The molecule has 1 unspecified atom stereocenters. The minimum atomic E-state index is -1.72. The van der Waals surface area contributed by atoms with Gasteiger partial charge in [0.05, 0.1) is 6.61 Å². The summed E-state index contributed by atoms with van der Waals surface area (Å²) in [7, 11) is 0. The number of alkyl carbamates (subject to hydrolysis) is 1. The second-order valence-corrected chi connectivity index (χ2v) is 4.28. The topological polar surface area (TPSA) is 88.4 Å². The predicted octanol–water partition coefficient (Wildman–Crippen LogP) is 2.15. The lowest BCUT2D eigenvalue weighted by molar-refractivity contribution is -0.148. The number of benzene rings is 1. The van der Waals surface area contributed by atoms with Gasteiger partial charge < -0.3 is 9.47 Å². The molecular formula is C15H18N2O4. The van der Waals surface area contributed by atoms with Gasteiger partial charge in [0.15, 0.2) is 0 Å². The fourth-order valence-corrected chi connectivity index (χ4v) is 1.62. The summed E-state index contributed by atoms with van der Waals surface area (Å²) in [5.41, 5.74) is -0.910. The van der Waals surface area contributed by atoms with Crippen LogP contribution in [0, 0.1) is 11.3 Å². The second kappa shape index (κ2) is 7.90. The van der Waals surface area contributed by atoms with Crippen molar-refractivity contribution in [1.82, 2.24) is 5.32 Å². The maximum atomic E-state index is 11.8. The van der Waals surface area contributed by atoms with E-state index in [-0.39, 0.29) is 19.6 Å². The summed E-state index contributed by atoms with van der Waals surface area (Å²) in [6.07, 6.45) is -0.752. The molecule has 0 aliphatic heterocycles. The number of nitriles is 1. The summed E-state index contributed by atoms with van der Waals surface area (Å²) in [6.45, 7) is 3.42. The molecule has 112 valence electrons. The van der Waals surface area contributed by atoms with Gasteiger partial charge in [-0.3, -0.25) is 5.32 Å². The summed E-state index contributed by atoms with van der Waals surface area (Å²) in [4.78, 5) is 23.6. The number of hydrogen-bond donors (Lipinski definition) is 1. The van der Waals surface area contributed by atoms with Crippen LogP contribution in [-0.4, -0.2) is 24.2 Å². The minimum Gasteiger partial charge on any atom is -0.463 e. The second-order valence-electron chi connectivity index (χ2n) is 4.28. The predicted molar refractivity (Wildman–Crippen MR) is 75.0 cm³/mol. The monoisotopic (exact) mass is 290 g/mol. The molecular weight excluding hydrogens is 272 g/mol. The summed E-state index contributed by atoms with van der Waals surface area (Å²) in [6, 6.07) is 10.9. The van der Waals surface area contributed by atoms with Gasteiger partial charge in [-0.05, 0) is 18.9 Å². The van der Waals surface area contributed by atoms with E-state index in [0.717, 1.165) is 5.56 Å². The van der Waals surface area contributed by atoms with Crippen molar-refractivity contribution in [2.75, 3.05) is 6.61 Å². The molecule has 0 bridgehead atoms. The quantitative estimate of drug-likeness (QED) is 0.811. The number of nitrogens with one attached hydrogen (secondary N) is 1. The van der Waals surface area contributed by atoms with Crippen LogP contribution < -0.4 is 5.32 Å². The molecule has 0 saturated heterocycles. The fourth-order valence-electron chi connectivity index (χ4n) is 1.62. The van der Waals surface area contributed by atoms with Gasteiger partial charge in [0.25, 0.3) is 0 Å². The Bertz CT molecular complexity index is 524. The standard InChI is InChI=1S/C15H18N2O4/c1-3-15(11-16,13(18)20-4-2)17-14(19)21-10-12-8-6-5-7-9-12/h5-9H,3-4,10H2,1-2H3,(H,17,19). The molecule has 0 spiro atoms. The van der Waals surface area contributed by atoms with Gasteiger partial charge in [0.1, 0.15) is 12.7 Å². The number of hydrogen-bond acceptors (Lipinski definition) is 5.